The summed E-state index contributed by atoms with van der Waals surface area (Å²) in [5.74, 6) is -0.558. The van der Waals surface area contributed by atoms with E-state index in [2.05, 4.69) is 11.6 Å². The second-order valence-corrected chi connectivity index (χ2v) is 8.82. The number of carbonyl (C=O) groups is 1. The van der Waals surface area contributed by atoms with Gasteiger partial charge in [-0.1, -0.05) is 42.2 Å². The molecule has 0 N–H and O–H groups in total. The molecule has 0 amide bonds. The molecule has 0 fully saturated rings. The van der Waals surface area contributed by atoms with Crippen molar-refractivity contribution >= 4 is 40.4 Å². The minimum atomic E-state index is -0.671. The summed E-state index contributed by atoms with van der Waals surface area (Å²) in [5, 5.41) is 12.9. The molecule has 1 unspecified atom stereocenters. The van der Waals surface area contributed by atoms with Crippen molar-refractivity contribution in [2.75, 3.05) is 6.61 Å². The lowest BCUT2D eigenvalue weighted by Crippen LogP contribution is -2.39. The van der Waals surface area contributed by atoms with Gasteiger partial charge in [-0.2, -0.15) is 0 Å². The summed E-state index contributed by atoms with van der Waals surface area (Å²) < 4.78 is 7.11. The molecule has 0 radical (unpaired) electrons. The molecule has 1 aliphatic rings. The fraction of sp³-hybridized carbons (Fsp3) is 0.136. The Kier molecular flexibility index (Phi) is 5.97. The number of fused-ring (bicyclic) bond motifs is 1. The number of aromatic nitrogens is 1. The first-order chi connectivity index (χ1) is 15.4. The highest BCUT2D eigenvalue weighted by atomic mass is 32.1. The molecule has 3 heterocycles. The predicted octanol–water partition coefficient (Wildman–Crippen LogP) is 2.93. The van der Waals surface area contributed by atoms with Crippen LogP contribution in [0, 0.1) is 10.1 Å². The molecule has 0 saturated carbocycles. The van der Waals surface area contributed by atoms with Crippen LogP contribution in [0.1, 0.15) is 23.4 Å². The molecular formula is C22H17N3O5S2. The molecular weight excluding hydrogens is 450 g/mol. The van der Waals surface area contributed by atoms with Crippen molar-refractivity contribution in [2.24, 2.45) is 4.99 Å². The molecule has 32 heavy (non-hydrogen) atoms. The number of hydrogen-bond acceptors (Lipinski definition) is 8. The van der Waals surface area contributed by atoms with Gasteiger partial charge in [-0.15, -0.1) is 11.3 Å². The Morgan fingerprint density at radius 3 is 2.88 bits per heavy atom. The summed E-state index contributed by atoms with van der Waals surface area (Å²) in [5.41, 5.74) is 0.897. The third-order valence-electron chi connectivity index (χ3n) is 4.77. The Labute approximate surface area is 189 Å². The van der Waals surface area contributed by atoms with E-state index in [1.165, 1.54) is 45.4 Å². The fourth-order valence-electron chi connectivity index (χ4n) is 3.39. The van der Waals surface area contributed by atoms with Gasteiger partial charge in [-0.25, -0.2) is 9.79 Å². The Morgan fingerprint density at radius 1 is 1.38 bits per heavy atom. The molecule has 4 rings (SSSR count). The number of allylic oxidation sites excluding steroid dienone is 1. The number of nitro groups is 1. The van der Waals surface area contributed by atoms with E-state index < -0.39 is 16.9 Å². The number of thiazole rings is 1. The second kappa shape index (κ2) is 8.85. The van der Waals surface area contributed by atoms with Crippen LogP contribution in [-0.2, 0) is 9.53 Å². The van der Waals surface area contributed by atoms with E-state index in [0.29, 0.717) is 26.2 Å². The zero-order valence-corrected chi connectivity index (χ0v) is 18.5. The number of hydrogen-bond donors (Lipinski definition) is 0. The van der Waals surface area contributed by atoms with E-state index in [4.69, 9.17) is 4.74 Å². The van der Waals surface area contributed by atoms with Gasteiger partial charge in [0.25, 0.3) is 11.2 Å². The molecule has 1 aliphatic heterocycles. The average Bonchev–Trinajstić information content (AvgIpc) is 3.40. The van der Waals surface area contributed by atoms with Crippen LogP contribution in [0.3, 0.4) is 0 Å². The largest absolute Gasteiger partial charge is 0.458 e. The van der Waals surface area contributed by atoms with E-state index in [1.807, 2.05) is 17.5 Å². The summed E-state index contributed by atoms with van der Waals surface area (Å²) >= 11 is 2.59. The highest BCUT2D eigenvalue weighted by Crippen LogP contribution is 2.33. The number of non-ortho nitro benzene ring substituents is 1. The van der Waals surface area contributed by atoms with Crippen LogP contribution in [0.15, 0.2) is 75.5 Å². The topological polar surface area (TPSA) is 104 Å². The molecule has 1 atom stereocenters. The van der Waals surface area contributed by atoms with Gasteiger partial charge in [0, 0.05) is 17.0 Å². The molecule has 0 aliphatic carbocycles. The molecule has 1 aromatic carbocycles. The Morgan fingerprint density at radius 2 is 2.19 bits per heavy atom. The maximum atomic E-state index is 13.4. The summed E-state index contributed by atoms with van der Waals surface area (Å²) in [6.45, 7) is 5.32. The summed E-state index contributed by atoms with van der Waals surface area (Å²) in [7, 11) is 0. The average molecular weight is 468 g/mol. The highest BCUT2D eigenvalue weighted by Gasteiger charge is 2.33. The van der Waals surface area contributed by atoms with Crippen molar-refractivity contribution in [2.45, 2.75) is 13.0 Å². The minimum absolute atomic E-state index is 0.0456. The highest BCUT2D eigenvalue weighted by molar-refractivity contribution is 7.10. The van der Waals surface area contributed by atoms with E-state index in [0.717, 1.165) is 4.88 Å². The number of rotatable bonds is 6. The number of ether oxygens (including phenoxy) is 1. The lowest BCUT2D eigenvalue weighted by molar-refractivity contribution is -0.384. The Bertz CT molecular complexity index is 1430. The first-order valence-corrected chi connectivity index (χ1v) is 11.2. The molecule has 3 aromatic rings. The zero-order valence-electron chi connectivity index (χ0n) is 16.9. The van der Waals surface area contributed by atoms with Gasteiger partial charge >= 0.3 is 5.97 Å². The van der Waals surface area contributed by atoms with Gasteiger partial charge in [0.2, 0.25) is 0 Å². The minimum Gasteiger partial charge on any atom is -0.458 e. The molecule has 8 nitrogen and oxygen atoms in total. The zero-order chi connectivity index (χ0) is 22.8. The molecule has 162 valence electrons. The number of esters is 1. The normalized spacial score (nSPS) is 15.8. The van der Waals surface area contributed by atoms with E-state index in [-0.39, 0.29) is 17.9 Å². The predicted molar refractivity (Wildman–Crippen MR) is 122 cm³/mol. The third kappa shape index (κ3) is 3.97. The standard InChI is InChI=1S/C22H17N3O5S2/c1-3-9-30-21(27)18-13(2)23-22-24(19(18)16-8-5-10-31-16)20(26)17(32-22)12-14-6-4-7-15(11-14)25(28)29/h3-8,10-12,19H,1,9H2,2H3/b17-12-. The number of nitro benzene ring substituents is 1. The number of nitrogens with zero attached hydrogens (tertiary/aromatic N) is 3. The van der Waals surface area contributed by atoms with Crippen LogP contribution >= 0.6 is 22.7 Å². The molecule has 10 heteroatoms. The van der Waals surface area contributed by atoms with Crippen molar-refractivity contribution in [3.63, 3.8) is 0 Å². The Hall–Kier alpha value is -3.63. The first-order valence-electron chi connectivity index (χ1n) is 9.49. The number of thiophene rings is 1. The number of benzene rings is 1. The van der Waals surface area contributed by atoms with Gasteiger partial charge < -0.3 is 4.74 Å². The smallest absolute Gasteiger partial charge is 0.338 e. The van der Waals surface area contributed by atoms with Crippen molar-refractivity contribution in [3.8, 4) is 0 Å². The van der Waals surface area contributed by atoms with Crippen molar-refractivity contribution in [1.29, 1.82) is 0 Å². The van der Waals surface area contributed by atoms with Crippen LogP contribution in [-0.4, -0.2) is 22.1 Å². The summed E-state index contributed by atoms with van der Waals surface area (Å²) in [6.07, 6.45) is 3.07. The van der Waals surface area contributed by atoms with Crippen LogP contribution < -0.4 is 14.9 Å². The quantitative estimate of drug-likeness (QED) is 0.240. The van der Waals surface area contributed by atoms with Gasteiger partial charge in [0.1, 0.15) is 12.6 Å². The van der Waals surface area contributed by atoms with Crippen LogP contribution in [0.25, 0.3) is 6.08 Å². The summed E-state index contributed by atoms with van der Waals surface area (Å²) in [4.78, 5) is 42.6. The SMILES string of the molecule is C=CCOC(=O)C1=C(C)N=c2s/c(=C\c3cccc([N+](=O)[O-])c3)c(=O)n2C1c1cccs1. The molecule has 2 aromatic heterocycles. The van der Waals surface area contributed by atoms with E-state index >= 15 is 0 Å². The summed E-state index contributed by atoms with van der Waals surface area (Å²) in [6, 6.07) is 9.07. The fourth-order valence-corrected chi connectivity index (χ4v) is 5.26. The number of carbonyl (C=O) groups excluding carboxylic acids is 1. The van der Waals surface area contributed by atoms with Gasteiger partial charge in [-0.05, 0) is 30.0 Å². The Balaban J connectivity index is 1.90. The van der Waals surface area contributed by atoms with Crippen LogP contribution in [0.4, 0.5) is 5.69 Å². The van der Waals surface area contributed by atoms with Crippen LogP contribution in [0.2, 0.25) is 0 Å². The second-order valence-electron chi connectivity index (χ2n) is 6.84. The lowest BCUT2D eigenvalue weighted by atomic mass is 10.0. The van der Waals surface area contributed by atoms with Gasteiger partial charge in [0.05, 0.1) is 20.7 Å². The first kappa shape index (κ1) is 21.6. The van der Waals surface area contributed by atoms with Crippen molar-refractivity contribution in [3.05, 3.63) is 106 Å². The van der Waals surface area contributed by atoms with Gasteiger partial charge in [-0.3, -0.25) is 19.5 Å². The van der Waals surface area contributed by atoms with E-state index in [1.54, 1.807) is 25.1 Å². The lowest BCUT2D eigenvalue weighted by Gasteiger charge is -2.23. The monoisotopic (exact) mass is 467 g/mol. The van der Waals surface area contributed by atoms with Crippen molar-refractivity contribution < 1.29 is 14.5 Å². The molecule has 0 spiro atoms. The molecule has 0 bridgehead atoms. The van der Waals surface area contributed by atoms with Crippen molar-refractivity contribution in [1.82, 2.24) is 4.57 Å². The molecule has 0 saturated heterocycles. The van der Waals surface area contributed by atoms with Gasteiger partial charge in [0.15, 0.2) is 4.80 Å². The maximum Gasteiger partial charge on any atom is 0.338 e. The van der Waals surface area contributed by atoms with E-state index in [9.17, 15) is 19.7 Å². The maximum absolute atomic E-state index is 13.4. The van der Waals surface area contributed by atoms with Crippen LogP contribution in [0.5, 0.6) is 0 Å². The third-order valence-corrected chi connectivity index (χ3v) is 6.67.